The van der Waals surface area contributed by atoms with E-state index in [-0.39, 0.29) is 11.2 Å². The van der Waals surface area contributed by atoms with E-state index in [2.05, 4.69) is 66.3 Å². The van der Waals surface area contributed by atoms with Crippen LogP contribution in [0.5, 0.6) is 0 Å². The first-order valence-electron chi connectivity index (χ1n) is 7.06. The molecular formula is C18H21BrFN. The SMILES string of the molecule is Cc1cc(Br)c(F)cc1NCc1ccc(C(C)(C)C)cc1. The smallest absolute Gasteiger partial charge is 0.139 e. The Labute approximate surface area is 134 Å². The zero-order valence-corrected chi connectivity index (χ0v) is 14.5. The van der Waals surface area contributed by atoms with Crippen molar-refractivity contribution in [1.29, 1.82) is 0 Å². The van der Waals surface area contributed by atoms with Crippen molar-refractivity contribution < 1.29 is 4.39 Å². The summed E-state index contributed by atoms with van der Waals surface area (Å²) in [6, 6.07) is 11.9. The van der Waals surface area contributed by atoms with Gasteiger partial charge in [-0.15, -0.1) is 0 Å². The third kappa shape index (κ3) is 4.07. The topological polar surface area (TPSA) is 12.0 Å². The van der Waals surface area contributed by atoms with Crippen molar-refractivity contribution in [3.8, 4) is 0 Å². The predicted octanol–water partition coefficient (Wildman–Crippen LogP) is 5.81. The fourth-order valence-corrected chi connectivity index (χ4v) is 2.61. The van der Waals surface area contributed by atoms with Gasteiger partial charge in [-0.3, -0.25) is 0 Å². The van der Waals surface area contributed by atoms with E-state index in [1.807, 2.05) is 6.92 Å². The van der Waals surface area contributed by atoms with E-state index in [1.165, 1.54) is 17.2 Å². The molecule has 0 bridgehead atoms. The molecule has 1 N–H and O–H groups in total. The Hall–Kier alpha value is -1.35. The van der Waals surface area contributed by atoms with E-state index in [1.54, 1.807) is 6.07 Å². The van der Waals surface area contributed by atoms with Gasteiger partial charge in [-0.2, -0.15) is 0 Å². The molecular weight excluding hydrogens is 329 g/mol. The van der Waals surface area contributed by atoms with Gasteiger partial charge in [0, 0.05) is 12.2 Å². The third-order valence-electron chi connectivity index (χ3n) is 3.57. The minimum atomic E-state index is -0.244. The van der Waals surface area contributed by atoms with Crippen LogP contribution in [0.15, 0.2) is 40.9 Å². The van der Waals surface area contributed by atoms with Crippen LogP contribution in [0.2, 0.25) is 0 Å². The molecule has 21 heavy (non-hydrogen) atoms. The Morgan fingerprint density at radius 1 is 1.10 bits per heavy atom. The molecule has 0 saturated heterocycles. The van der Waals surface area contributed by atoms with Crippen LogP contribution in [0.1, 0.15) is 37.5 Å². The molecule has 3 heteroatoms. The molecule has 2 aromatic carbocycles. The number of hydrogen-bond donors (Lipinski definition) is 1. The van der Waals surface area contributed by atoms with Gasteiger partial charge in [0.1, 0.15) is 5.82 Å². The van der Waals surface area contributed by atoms with Gasteiger partial charge in [0.15, 0.2) is 0 Å². The van der Waals surface area contributed by atoms with Gasteiger partial charge in [-0.05, 0) is 57.1 Å². The summed E-state index contributed by atoms with van der Waals surface area (Å²) in [5.74, 6) is -0.244. The molecule has 0 amide bonds. The van der Waals surface area contributed by atoms with E-state index in [0.29, 0.717) is 11.0 Å². The molecule has 2 aromatic rings. The summed E-state index contributed by atoms with van der Waals surface area (Å²) in [4.78, 5) is 0. The van der Waals surface area contributed by atoms with Crippen molar-refractivity contribution in [3.05, 3.63) is 63.4 Å². The Morgan fingerprint density at radius 3 is 2.29 bits per heavy atom. The molecule has 2 rings (SSSR count). The molecule has 0 unspecified atom stereocenters. The lowest BCUT2D eigenvalue weighted by Crippen LogP contribution is -2.11. The maximum atomic E-state index is 13.6. The highest BCUT2D eigenvalue weighted by Crippen LogP contribution is 2.25. The normalized spacial score (nSPS) is 11.5. The highest BCUT2D eigenvalue weighted by atomic mass is 79.9. The van der Waals surface area contributed by atoms with Gasteiger partial charge in [0.05, 0.1) is 4.47 Å². The zero-order valence-electron chi connectivity index (χ0n) is 12.9. The maximum absolute atomic E-state index is 13.6. The molecule has 0 aliphatic heterocycles. The summed E-state index contributed by atoms with van der Waals surface area (Å²) in [5.41, 5.74) is 4.52. The number of rotatable bonds is 3. The van der Waals surface area contributed by atoms with Crippen LogP contribution < -0.4 is 5.32 Å². The van der Waals surface area contributed by atoms with Crippen molar-refractivity contribution in [3.63, 3.8) is 0 Å². The Bertz CT molecular complexity index is 627. The van der Waals surface area contributed by atoms with Crippen molar-refractivity contribution >= 4 is 21.6 Å². The molecule has 0 aliphatic rings. The van der Waals surface area contributed by atoms with Crippen LogP contribution >= 0.6 is 15.9 Å². The van der Waals surface area contributed by atoms with Crippen LogP contribution in [-0.4, -0.2) is 0 Å². The number of hydrogen-bond acceptors (Lipinski definition) is 1. The lowest BCUT2D eigenvalue weighted by atomic mass is 9.87. The molecule has 1 nitrogen and oxygen atoms in total. The second-order valence-electron chi connectivity index (χ2n) is 6.38. The van der Waals surface area contributed by atoms with Crippen molar-refractivity contribution in [1.82, 2.24) is 0 Å². The first-order chi connectivity index (χ1) is 9.77. The van der Waals surface area contributed by atoms with Crippen LogP contribution in [0.25, 0.3) is 0 Å². The molecule has 0 radical (unpaired) electrons. The van der Waals surface area contributed by atoms with Crippen LogP contribution in [0, 0.1) is 12.7 Å². The number of aryl methyl sites for hydroxylation is 1. The fourth-order valence-electron chi connectivity index (χ4n) is 2.16. The quantitative estimate of drug-likeness (QED) is 0.737. The Kier molecular flexibility index (Phi) is 4.72. The van der Waals surface area contributed by atoms with Crippen LogP contribution in [-0.2, 0) is 12.0 Å². The van der Waals surface area contributed by atoms with E-state index < -0.39 is 0 Å². The second-order valence-corrected chi connectivity index (χ2v) is 7.24. The molecule has 0 fully saturated rings. The van der Waals surface area contributed by atoms with Crippen molar-refractivity contribution in [2.45, 2.75) is 39.7 Å². The zero-order chi connectivity index (χ0) is 15.6. The van der Waals surface area contributed by atoms with E-state index in [0.717, 1.165) is 11.3 Å². The molecule has 0 atom stereocenters. The Balaban J connectivity index is 2.08. The summed E-state index contributed by atoms with van der Waals surface area (Å²) >= 11 is 3.20. The molecule has 0 aromatic heterocycles. The highest BCUT2D eigenvalue weighted by Gasteiger charge is 2.12. The fraction of sp³-hybridized carbons (Fsp3) is 0.333. The van der Waals surface area contributed by atoms with Crippen LogP contribution in [0.3, 0.4) is 0 Å². The first kappa shape index (κ1) is 16.0. The summed E-state index contributed by atoms with van der Waals surface area (Å²) < 4.78 is 14.1. The molecule has 112 valence electrons. The molecule has 0 saturated carbocycles. The van der Waals surface area contributed by atoms with E-state index in [9.17, 15) is 4.39 Å². The monoisotopic (exact) mass is 349 g/mol. The van der Waals surface area contributed by atoms with Gasteiger partial charge in [0.2, 0.25) is 0 Å². The van der Waals surface area contributed by atoms with Crippen molar-refractivity contribution in [2.24, 2.45) is 0 Å². The number of anilines is 1. The van der Waals surface area contributed by atoms with E-state index in [4.69, 9.17) is 0 Å². The largest absolute Gasteiger partial charge is 0.381 e. The minimum Gasteiger partial charge on any atom is -0.381 e. The average Bonchev–Trinajstić information content (AvgIpc) is 2.41. The highest BCUT2D eigenvalue weighted by molar-refractivity contribution is 9.10. The predicted molar refractivity (Wildman–Crippen MR) is 91.3 cm³/mol. The van der Waals surface area contributed by atoms with Gasteiger partial charge in [-0.1, -0.05) is 45.0 Å². The Morgan fingerprint density at radius 2 is 1.71 bits per heavy atom. The molecule has 0 aliphatic carbocycles. The van der Waals surface area contributed by atoms with Gasteiger partial charge in [-0.25, -0.2) is 4.39 Å². The van der Waals surface area contributed by atoms with E-state index >= 15 is 0 Å². The summed E-state index contributed by atoms with van der Waals surface area (Å²) in [6.45, 7) is 9.26. The summed E-state index contributed by atoms with van der Waals surface area (Å²) in [7, 11) is 0. The molecule has 0 heterocycles. The van der Waals surface area contributed by atoms with Crippen LogP contribution in [0.4, 0.5) is 10.1 Å². The lowest BCUT2D eigenvalue weighted by Gasteiger charge is -2.19. The summed E-state index contributed by atoms with van der Waals surface area (Å²) in [5, 5.41) is 3.29. The standard InChI is InChI=1S/C18H21BrFN/c1-12-9-15(19)16(20)10-17(12)21-11-13-5-7-14(8-6-13)18(2,3)4/h5-10,21H,11H2,1-4H3. The van der Waals surface area contributed by atoms with Gasteiger partial charge in [0.25, 0.3) is 0 Å². The number of nitrogens with one attached hydrogen (secondary N) is 1. The maximum Gasteiger partial charge on any atom is 0.139 e. The lowest BCUT2D eigenvalue weighted by molar-refractivity contribution is 0.590. The second kappa shape index (κ2) is 6.18. The third-order valence-corrected chi connectivity index (χ3v) is 4.18. The minimum absolute atomic E-state index is 0.164. The van der Waals surface area contributed by atoms with Gasteiger partial charge < -0.3 is 5.32 Å². The molecule has 0 spiro atoms. The van der Waals surface area contributed by atoms with Crippen molar-refractivity contribution in [2.75, 3.05) is 5.32 Å². The number of halogens is 2. The van der Waals surface area contributed by atoms with Gasteiger partial charge >= 0.3 is 0 Å². The number of benzene rings is 2. The average molecular weight is 350 g/mol. The first-order valence-corrected chi connectivity index (χ1v) is 7.85. The summed E-state index contributed by atoms with van der Waals surface area (Å²) in [6.07, 6.45) is 0.